The minimum absolute atomic E-state index is 0.0947. The quantitative estimate of drug-likeness (QED) is 0.470. The summed E-state index contributed by atoms with van der Waals surface area (Å²) in [4.78, 5) is 11.2. The number of nitrogens with zero attached hydrogens (tertiary/aromatic N) is 2. The van der Waals surface area contributed by atoms with E-state index in [-0.39, 0.29) is 5.60 Å². The van der Waals surface area contributed by atoms with Crippen molar-refractivity contribution in [2.24, 2.45) is 0 Å². The van der Waals surface area contributed by atoms with E-state index in [4.69, 9.17) is 16.3 Å². The van der Waals surface area contributed by atoms with E-state index in [1.807, 2.05) is 6.26 Å². The predicted octanol–water partition coefficient (Wildman–Crippen LogP) is 4.31. The minimum atomic E-state index is -0.0947. The Morgan fingerprint density at radius 2 is 2.26 bits per heavy atom. The number of ether oxygens (including phenoxy) is 1. The molecule has 6 heteroatoms. The summed E-state index contributed by atoms with van der Waals surface area (Å²) >= 11 is 9.55. The highest BCUT2D eigenvalue weighted by molar-refractivity contribution is 7.98. The molecule has 0 N–H and O–H groups in total. The number of fused-ring (bicyclic) bond motifs is 3. The molecule has 2 aromatic heterocycles. The molecule has 2 aromatic rings. The minimum Gasteiger partial charge on any atom is -0.369 e. The van der Waals surface area contributed by atoms with Crippen LogP contribution in [0.5, 0.6) is 0 Å². The van der Waals surface area contributed by atoms with Gasteiger partial charge in [-0.15, -0.1) is 11.3 Å². The average molecular weight is 315 g/mol. The topological polar surface area (TPSA) is 35.0 Å². The molecule has 1 atom stereocenters. The second-order valence-corrected chi connectivity index (χ2v) is 7.17. The number of thioether (sulfide) groups is 1. The number of halogens is 1. The SMILES string of the molecule is CCC1(C)Cc2c(sc3nc(SC)nc(Cl)c23)CO1. The van der Waals surface area contributed by atoms with Gasteiger partial charge in [-0.3, -0.25) is 0 Å². The fourth-order valence-electron chi connectivity index (χ4n) is 2.33. The zero-order valence-electron chi connectivity index (χ0n) is 11.1. The standard InChI is InChI=1S/C13H15ClN2OS2/c1-4-13(2)5-7-8(6-17-13)19-11-9(7)10(14)15-12(16-11)18-3/h4-6H2,1-3H3. The maximum Gasteiger partial charge on any atom is 0.190 e. The van der Waals surface area contributed by atoms with Gasteiger partial charge in [0.25, 0.3) is 0 Å². The molecular weight excluding hydrogens is 300 g/mol. The first kappa shape index (κ1) is 13.6. The van der Waals surface area contributed by atoms with Crippen LogP contribution < -0.4 is 0 Å². The molecule has 3 nitrogen and oxygen atoms in total. The fourth-order valence-corrected chi connectivity index (χ4v) is 4.24. The molecule has 3 heterocycles. The third-order valence-electron chi connectivity index (χ3n) is 3.70. The summed E-state index contributed by atoms with van der Waals surface area (Å²) in [5.74, 6) is 0. The van der Waals surface area contributed by atoms with Crippen molar-refractivity contribution in [2.45, 2.75) is 44.1 Å². The number of thiophene rings is 1. The largest absolute Gasteiger partial charge is 0.369 e. The van der Waals surface area contributed by atoms with Crippen molar-refractivity contribution in [2.75, 3.05) is 6.26 Å². The lowest BCUT2D eigenvalue weighted by Gasteiger charge is -2.33. The van der Waals surface area contributed by atoms with Gasteiger partial charge in [0.1, 0.15) is 9.98 Å². The highest BCUT2D eigenvalue weighted by Crippen LogP contribution is 2.41. The van der Waals surface area contributed by atoms with E-state index >= 15 is 0 Å². The maximum absolute atomic E-state index is 6.36. The second kappa shape index (κ2) is 4.88. The van der Waals surface area contributed by atoms with Crippen LogP contribution >= 0.6 is 34.7 Å². The van der Waals surface area contributed by atoms with Crippen molar-refractivity contribution < 1.29 is 4.74 Å². The molecule has 0 radical (unpaired) electrons. The molecule has 0 aromatic carbocycles. The van der Waals surface area contributed by atoms with Gasteiger partial charge in [-0.25, -0.2) is 9.97 Å². The molecule has 0 aliphatic carbocycles. The predicted molar refractivity (Wildman–Crippen MR) is 81.4 cm³/mol. The van der Waals surface area contributed by atoms with E-state index in [0.717, 1.165) is 28.2 Å². The first-order valence-electron chi connectivity index (χ1n) is 6.22. The molecule has 0 fully saturated rings. The monoisotopic (exact) mass is 314 g/mol. The Hall–Kier alpha value is -0.360. The van der Waals surface area contributed by atoms with E-state index in [9.17, 15) is 0 Å². The van der Waals surface area contributed by atoms with Gasteiger partial charge in [-0.05, 0) is 25.2 Å². The highest BCUT2D eigenvalue weighted by Gasteiger charge is 2.32. The second-order valence-electron chi connectivity index (χ2n) is 4.95. The third kappa shape index (κ3) is 2.27. The lowest BCUT2D eigenvalue weighted by molar-refractivity contribution is -0.0543. The highest BCUT2D eigenvalue weighted by atomic mass is 35.5. The van der Waals surface area contributed by atoms with Gasteiger partial charge < -0.3 is 4.74 Å². The normalized spacial score (nSPS) is 22.7. The maximum atomic E-state index is 6.36. The molecule has 0 bridgehead atoms. The van der Waals surface area contributed by atoms with Crippen molar-refractivity contribution in [3.8, 4) is 0 Å². The van der Waals surface area contributed by atoms with Crippen LogP contribution in [0.15, 0.2) is 5.16 Å². The molecule has 0 saturated heterocycles. The average Bonchev–Trinajstić information content (AvgIpc) is 2.76. The molecule has 0 spiro atoms. The number of hydrogen-bond donors (Lipinski definition) is 0. The Bertz CT molecular complexity index is 643. The number of rotatable bonds is 2. The molecule has 102 valence electrons. The summed E-state index contributed by atoms with van der Waals surface area (Å²) in [5.41, 5.74) is 1.19. The molecular formula is C13H15ClN2OS2. The van der Waals surface area contributed by atoms with Crippen LogP contribution in [0.1, 0.15) is 30.7 Å². The van der Waals surface area contributed by atoms with Crippen LogP contribution in [-0.4, -0.2) is 21.8 Å². The molecule has 0 saturated carbocycles. The summed E-state index contributed by atoms with van der Waals surface area (Å²) < 4.78 is 5.98. The zero-order valence-corrected chi connectivity index (χ0v) is 13.5. The summed E-state index contributed by atoms with van der Waals surface area (Å²) in [7, 11) is 0. The Labute approximate surface area is 125 Å². The first-order valence-corrected chi connectivity index (χ1v) is 8.64. The molecule has 3 rings (SSSR count). The number of aromatic nitrogens is 2. The lowest BCUT2D eigenvalue weighted by Crippen LogP contribution is -2.33. The molecule has 0 amide bonds. The van der Waals surface area contributed by atoms with E-state index in [1.54, 1.807) is 11.3 Å². The summed E-state index contributed by atoms with van der Waals surface area (Å²) in [6.45, 7) is 4.97. The van der Waals surface area contributed by atoms with Gasteiger partial charge in [0.15, 0.2) is 5.16 Å². The van der Waals surface area contributed by atoms with Gasteiger partial charge in [0, 0.05) is 11.3 Å². The molecule has 1 aliphatic heterocycles. The third-order valence-corrected chi connectivity index (χ3v) is 5.62. The molecule has 1 unspecified atom stereocenters. The van der Waals surface area contributed by atoms with E-state index in [1.165, 1.54) is 22.2 Å². The van der Waals surface area contributed by atoms with Crippen molar-refractivity contribution in [3.63, 3.8) is 0 Å². The van der Waals surface area contributed by atoms with Crippen molar-refractivity contribution in [1.29, 1.82) is 0 Å². The van der Waals surface area contributed by atoms with Crippen LogP contribution in [0.2, 0.25) is 5.15 Å². The van der Waals surface area contributed by atoms with E-state index in [0.29, 0.717) is 11.8 Å². The summed E-state index contributed by atoms with van der Waals surface area (Å²) in [6.07, 6.45) is 3.84. The Balaban J connectivity index is 2.18. The van der Waals surface area contributed by atoms with Crippen LogP contribution in [0.25, 0.3) is 10.2 Å². The van der Waals surface area contributed by atoms with Gasteiger partial charge in [0.05, 0.1) is 17.6 Å². The van der Waals surface area contributed by atoms with Gasteiger partial charge in [-0.2, -0.15) is 0 Å². The van der Waals surface area contributed by atoms with Crippen LogP contribution in [-0.2, 0) is 17.8 Å². The van der Waals surface area contributed by atoms with Crippen molar-refractivity contribution in [3.05, 3.63) is 15.6 Å². The summed E-state index contributed by atoms with van der Waals surface area (Å²) in [6, 6.07) is 0. The lowest BCUT2D eigenvalue weighted by atomic mass is 9.90. The molecule has 19 heavy (non-hydrogen) atoms. The van der Waals surface area contributed by atoms with Crippen molar-refractivity contribution >= 4 is 44.9 Å². The van der Waals surface area contributed by atoms with Crippen LogP contribution in [0.4, 0.5) is 0 Å². The van der Waals surface area contributed by atoms with E-state index < -0.39 is 0 Å². The summed E-state index contributed by atoms with van der Waals surface area (Å²) in [5, 5.41) is 2.34. The Morgan fingerprint density at radius 3 is 2.95 bits per heavy atom. The van der Waals surface area contributed by atoms with Gasteiger partial charge >= 0.3 is 0 Å². The fraction of sp³-hybridized carbons (Fsp3) is 0.538. The smallest absolute Gasteiger partial charge is 0.190 e. The van der Waals surface area contributed by atoms with Gasteiger partial charge in [-0.1, -0.05) is 30.3 Å². The molecule has 1 aliphatic rings. The van der Waals surface area contributed by atoms with E-state index in [2.05, 4.69) is 23.8 Å². The van der Waals surface area contributed by atoms with Crippen molar-refractivity contribution in [1.82, 2.24) is 9.97 Å². The zero-order chi connectivity index (χ0) is 13.6. The van der Waals surface area contributed by atoms with Gasteiger partial charge in [0.2, 0.25) is 0 Å². The van der Waals surface area contributed by atoms with Crippen LogP contribution in [0.3, 0.4) is 0 Å². The number of hydrogen-bond acceptors (Lipinski definition) is 5. The Kier molecular flexibility index (Phi) is 3.50. The Morgan fingerprint density at radius 1 is 1.47 bits per heavy atom. The van der Waals surface area contributed by atoms with Crippen LogP contribution in [0, 0.1) is 0 Å². The first-order chi connectivity index (χ1) is 9.06.